The van der Waals surface area contributed by atoms with Crippen LogP contribution >= 0.6 is 11.3 Å². The third kappa shape index (κ3) is 4.79. The molecule has 1 heterocycles. The van der Waals surface area contributed by atoms with Crippen LogP contribution < -0.4 is 10.6 Å². The van der Waals surface area contributed by atoms with Crippen molar-refractivity contribution < 1.29 is 14.3 Å². The van der Waals surface area contributed by atoms with Gasteiger partial charge in [0.1, 0.15) is 0 Å². The van der Waals surface area contributed by atoms with Gasteiger partial charge in [0.2, 0.25) is 0 Å². The Bertz CT molecular complexity index is 702. The van der Waals surface area contributed by atoms with E-state index in [-0.39, 0.29) is 17.5 Å². The van der Waals surface area contributed by atoms with Crippen LogP contribution in [0.2, 0.25) is 0 Å². The Kier molecular flexibility index (Phi) is 5.00. The number of thiazole rings is 1. The van der Waals surface area contributed by atoms with Crippen molar-refractivity contribution in [3.05, 3.63) is 35.2 Å². The van der Waals surface area contributed by atoms with Crippen LogP contribution in [0.5, 0.6) is 0 Å². The van der Waals surface area contributed by atoms with Crippen molar-refractivity contribution in [3.63, 3.8) is 0 Å². The summed E-state index contributed by atoms with van der Waals surface area (Å²) in [6, 6.07) is 6.65. The number of ether oxygens (including phenoxy) is 1. The maximum atomic E-state index is 11.8. The molecule has 7 heteroatoms. The highest BCUT2D eigenvalue weighted by molar-refractivity contribution is 7.14. The lowest BCUT2D eigenvalue weighted by molar-refractivity contribution is 0.0600. The van der Waals surface area contributed by atoms with Gasteiger partial charge in [-0.3, -0.25) is 5.32 Å². The van der Waals surface area contributed by atoms with Gasteiger partial charge in [0.05, 0.1) is 18.4 Å². The molecule has 122 valence electrons. The van der Waals surface area contributed by atoms with E-state index >= 15 is 0 Å². The second-order valence-corrected chi connectivity index (χ2v) is 6.79. The molecular formula is C16H19N3O3S. The fourth-order valence-corrected chi connectivity index (χ4v) is 2.54. The number of nitrogens with zero attached hydrogens (tertiary/aromatic N) is 1. The second-order valence-electron chi connectivity index (χ2n) is 5.94. The Balaban J connectivity index is 2.07. The van der Waals surface area contributed by atoms with Crippen LogP contribution in [0.3, 0.4) is 0 Å². The molecule has 23 heavy (non-hydrogen) atoms. The molecule has 0 saturated heterocycles. The number of urea groups is 1. The number of carbonyl (C=O) groups excluding carboxylic acids is 2. The van der Waals surface area contributed by atoms with Crippen molar-refractivity contribution in [2.45, 2.75) is 26.3 Å². The average Bonchev–Trinajstić information content (AvgIpc) is 2.93. The smallest absolute Gasteiger partial charge is 0.337 e. The Labute approximate surface area is 138 Å². The molecule has 0 saturated carbocycles. The van der Waals surface area contributed by atoms with Crippen molar-refractivity contribution >= 4 is 28.5 Å². The number of hydrogen-bond donors (Lipinski definition) is 2. The average molecular weight is 333 g/mol. The van der Waals surface area contributed by atoms with Crippen molar-refractivity contribution in [1.82, 2.24) is 10.3 Å². The number of nitrogens with one attached hydrogen (secondary N) is 2. The molecule has 1 aromatic carbocycles. The van der Waals surface area contributed by atoms with Gasteiger partial charge in [-0.05, 0) is 32.9 Å². The second kappa shape index (κ2) is 6.78. The van der Waals surface area contributed by atoms with Gasteiger partial charge in [0.25, 0.3) is 0 Å². The van der Waals surface area contributed by atoms with Gasteiger partial charge in [0, 0.05) is 16.5 Å². The molecule has 0 atom stereocenters. The lowest BCUT2D eigenvalue weighted by atomic mass is 10.1. The van der Waals surface area contributed by atoms with Gasteiger partial charge < -0.3 is 10.1 Å². The van der Waals surface area contributed by atoms with Crippen LogP contribution in [0, 0.1) is 0 Å². The Hall–Kier alpha value is -2.41. The van der Waals surface area contributed by atoms with E-state index in [4.69, 9.17) is 0 Å². The first-order chi connectivity index (χ1) is 10.8. The van der Waals surface area contributed by atoms with Gasteiger partial charge in [-0.2, -0.15) is 0 Å². The third-order valence-corrected chi connectivity index (χ3v) is 3.57. The van der Waals surface area contributed by atoms with Crippen LogP contribution in [0.25, 0.3) is 11.3 Å². The fourth-order valence-electron chi connectivity index (χ4n) is 1.83. The summed E-state index contributed by atoms with van der Waals surface area (Å²) < 4.78 is 4.66. The van der Waals surface area contributed by atoms with Crippen molar-refractivity contribution in [1.29, 1.82) is 0 Å². The van der Waals surface area contributed by atoms with E-state index < -0.39 is 0 Å². The molecule has 0 fully saturated rings. The monoisotopic (exact) mass is 333 g/mol. The van der Waals surface area contributed by atoms with Gasteiger partial charge in [0.15, 0.2) is 5.13 Å². The molecular weight excluding hydrogens is 314 g/mol. The zero-order valence-corrected chi connectivity index (χ0v) is 14.3. The Morgan fingerprint density at radius 2 is 1.83 bits per heavy atom. The molecule has 6 nitrogen and oxygen atoms in total. The summed E-state index contributed by atoms with van der Waals surface area (Å²) in [6.45, 7) is 5.72. The molecule has 2 amide bonds. The molecule has 2 N–H and O–H groups in total. The summed E-state index contributed by atoms with van der Waals surface area (Å²) in [5, 5.41) is 7.88. The molecule has 0 aliphatic carbocycles. The van der Waals surface area contributed by atoms with Crippen LogP contribution in [0.4, 0.5) is 9.93 Å². The minimum atomic E-state index is -0.379. The molecule has 0 aliphatic heterocycles. The number of benzene rings is 1. The van der Waals surface area contributed by atoms with Gasteiger partial charge in [-0.1, -0.05) is 12.1 Å². The predicted octanol–water partition coefficient (Wildman–Crippen LogP) is 3.52. The molecule has 0 bridgehead atoms. The lowest BCUT2D eigenvalue weighted by Gasteiger charge is -2.20. The maximum Gasteiger partial charge on any atom is 0.337 e. The fraction of sp³-hybridized carbons (Fsp3) is 0.312. The summed E-state index contributed by atoms with van der Waals surface area (Å²) in [6.07, 6.45) is 0. The van der Waals surface area contributed by atoms with Gasteiger partial charge in [-0.15, -0.1) is 11.3 Å². The Morgan fingerprint density at radius 1 is 1.17 bits per heavy atom. The highest BCUT2D eigenvalue weighted by Crippen LogP contribution is 2.25. The first-order valence-electron chi connectivity index (χ1n) is 7.02. The normalized spacial score (nSPS) is 11.0. The van der Waals surface area contributed by atoms with E-state index in [1.807, 2.05) is 26.2 Å². The van der Waals surface area contributed by atoms with Crippen LogP contribution in [-0.4, -0.2) is 29.6 Å². The quantitative estimate of drug-likeness (QED) is 0.842. The standard InChI is InChI=1S/C16H19N3O3S/c1-16(2,3)19-14(21)18-15-17-12(9-23-15)10-5-7-11(8-6-10)13(20)22-4/h5-9H,1-4H3,(H2,17,18,19,21). The summed E-state index contributed by atoms with van der Waals surface area (Å²) in [4.78, 5) is 27.6. The maximum absolute atomic E-state index is 11.8. The molecule has 1 aromatic heterocycles. The number of hydrogen-bond acceptors (Lipinski definition) is 5. The number of aromatic nitrogens is 1. The number of carbonyl (C=O) groups is 2. The predicted molar refractivity (Wildman–Crippen MR) is 90.8 cm³/mol. The van der Waals surface area contributed by atoms with E-state index in [1.54, 1.807) is 24.3 Å². The SMILES string of the molecule is COC(=O)c1ccc(-c2csc(NC(=O)NC(C)(C)C)n2)cc1. The molecule has 0 unspecified atom stereocenters. The number of anilines is 1. The van der Waals surface area contributed by atoms with E-state index in [1.165, 1.54) is 18.4 Å². The molecule has 0 spiro atoms. The van der Waals surface area contributed by atoms with Crippen LogP contribution in [-0.2, 0) is 4.74 Å². The first-order valence-corrected chi connectivity index (χ1v) is 7.90. The van der Waals surface area contributed by atoms with E-state index in [2.05, 4.69) is 20.4 Å². The zero-order chi connectivity index (χ0) is 17.0. The van der Waals surface area contributed by atoms with E-state index in [0.717, 1.165) is 11.3 Å². The van der Waals surface area contributed by atoms with Crippen LogP contribution in [0.15, 0.2) is 29.6 Å². The lowest BCUT2D eigenvalue weighted by Crippen LogP contribution is -2.43. The first kappa shape index (κ1) is 17.0. The molecule has 2 aromatic rings. The third-order valence-electron chi connectivity index (χ3n) is 2.81. The summed E-state index contributed by atoms with van der Waals surface area (Å²) in [7, 11) is 1.34. The molecule has 2 rings (SSSR count). The number of methoxy groups -OCH3 is 1. The number of esters is 1. The highest BCUT2D eigenvalue weighted by Gasteiger charge is 2.15. The van der Waals surface area contributed by atoms with Gasteiger partial charge in [-0.25, -0.2) is 14.6 Å². The number of amides is 2. The summed E-state index contributed by atoms with van der Waals surface area (Å²) >= 11 is 1.34. The van der Waals surface area contributed by atoms with Gasteiger partial charge >= 0.3 is 12.0 Å². The largest absolute Gasteiger partial charge is 0.465 e. The minimum Gasteiger partial charge on any atom is -0.465 e. The Morgan fingerprint density at radius 3 is 2.39 bits per heavy atom. The highest BCUT2D eigenvalue weighted by atomic mass is 32.1. The summed E-state index contributed by atoms with van der Waals surface area (Å²) in [5.41, 5.74) is 1.76. The topological polar surface area (TPSA) is 80.3 Å². The minimum absolute atomic E-state index is 0.292. The molecule has 0 aliphatic rings. The van der Waals surface area contributed by atoms with Crippen molar-refractivity contribution in [3.8, 4) is 11.3 Å². The molecule has 0 radical (unpaired) electrons. The van der Waals surface area contributed by atoms with Crippen molar-refractivity contribution in [2.75, 3.05) is 12.4 Å². The number of rotatable bonds is 3. The zero-order valence-electron chi connectivity index (χ0n) is 13.5. The van der Waals surface area contributed by atoms with E-state index in [0.29, 0.717) is 10.7 Å². The van der Waals surface area contributed by atoms with Crippen molar-refractivity contribution in [2.24, 2.45) is 0 Å². The van der Waals surface area contributed by atoms with E-state index in [9.17, 15) is 9.59 Å². The summed E-state index contributed by atoms with van der Waals surface area (Å²) in [5.74, 6) is -0.379. The van der Waals surface area contributed by atoms with Crippen LogP contribution in [0.1, 0.15) is 31.1 Å².